The van der Waals surface area contributed by atoms with E-state index in [0.717, 1.165) is 5.57 Å². The van der Waals surface area contributed by atoms with Crippen LogP contribution in [-0.4, -0.2) is 16.5 Å². The van der Waals surface area contributed by atoms with Gasteiger partial charge in [-0.3, -0.25) is 10.1 Å². The Morgan fingerprint density at radius 3 is 2.94 bits per heavy atom. The molecule has 0 saturated heterocycles. The molecular formula is C10H12BrN3O2. The largest absolute Gasteiger partial charge is 0.361 e. The number of anilines is 1. The Balaban J connectivity index is 2.87. The van der Waals surface area contributed by atoms with Crippen molar-refractivity contribution in [1.82, 2.24) is 4.98 Å². The number of hydrogen-bond donors (Lipinski definition) is 1. The number of hydrogen-bond acceptors (Lipinski definition) is 4. The van der Waals surface area contributed by atoms with Crippen molar-refractivity contribution in [2.45, 2.75) is 13.8 Å². The van der Waals surface area contributed by atoms with E-state index in [1.807, 2.05) is 19.9 Å². The van der Waals surface area contributed by atoms with Gasteiger partial charge in [-0.25, -0.2) is 4.98 Å². The maximum absolute atomic E-state index is 10.8. The highest BCUT2D eigenvalue weighted by Crippen LogP contribution is 2.24. The first-order valence-corrected chi connectivity index (χ1v) is 5.47. The Kier molecular flexibility index (Phi) is 4.42. The molecule has 0 aliphatic carbocycles. The Morgan fingerprint density at radius 1 is 1.69 bits per heavy atom. The summed E-state index contributed by atoms with van der Waals surface area (Å²) in [5.74, 6) is 0.283. The zero-order valence-electron chi connectivity index (χ0n) is 9.03. The van der Waals surface area contributed by atoms with Gasteiger partial charge in [0, 0.05) is 23.3 Å². The van der Waals surface area contributed by atoms with E-state index in [1.54, 1.807) is 0 Å². The molecule has 5 nitrogen and oxygen atoms in total. The number of nitro groups is 1. The molecule has 0 aliphatic rings. The highest BCUT2D eigenvalue weighted by Gasteiger charge is 2.14. The normalized spacial score (nSPS) is 9.69. The number of pyridine rings is 1. The molecular weight excluding hydrogens is 274 g/mol. The van der Waals surface area contributed by atoms with E-state index in [9.17, 15) is 10.1 Å². The van der Waals surface area contributed by atoms with E-state index >= 15 is 0 Å². The van der Waals surface area contributed by atoms with Crippen molar-refractivity contribution in [2.75, 3.05) is 11.9 Å². The maximum Gasteiger partial charge on any atom is 0.312 e. The summed E-state index contributed by atoms with van der Waals surface area (Å²) in [6, 6.07) is 1.43. The summed E-state index contributed by atoms with van der Waals surface area (Å²) in [7, 11) is 0. The Hall–Kier alpha value is -1.43. The van der Waals surface area contributed by atoms with Crippen molar-refractivity contribution in [2.24, 2.45) is 0 Å². The fraction of sp³-hybridized carbons (Fsp3) is 0.300. The van der Waals surface area contributed by atoms with Gasteiger partial charge in [0.1, 0.15) is 0 Å². The van der Waals surface area contributed by atoms with Gasteiger partial charge in [-0.15, -0.1) is 0 Å². The lowest BCUT2D eigenvalue weighted by atomic mass is 10.3. The molecule has 0 spiro atoms. The third-order valence-corrected chi connectivity index (χ3v) is 2.24. The monoisotopic (exact) mass is 285 g/mol. The van der Waals surface area contributed by atoms with Crippen LogP contribution in [0.5, 0.6) is 0 Å². The van der Waals surface area contributed by atoms with Crippen molar-refractivity contribution in [1.29, 1.82) is 0 Å². The summed E-state index contributed by atoms with van der Waals surface area (Å²) in [6.45, 7) is 4.45. The van der Waals surface area contributed by atoms with E-state index in [-0.39, 0.29) is 11.5 Å². The third-order valence-electron chi connectivity index (χ3n) is 1.81. The summed E-state index contributed by atoms with van der Waals surface area (Å²) in [5.41, 5.74) is 1.11. The summed E-state index contributed by atoms with van der Waals surface area (Å²) >= 11 is 3.15. The van der Waals surface area contributed by atoms with Crippen molar-refractivity contribution >= 4 is 27.4 Å². The van der Waals surface area contributed by atoms with Crippen LogP contribution in [0.3, 0.4) is 0 Å². The molecule has 16 heavy (non-hydrogen) atoms. The fourth-order valence-corrected chi connectivity index (χ4v) is 1.38. The van der Waals surface area contributed by atoms with Crippen molar-refractivity contribution in [3.63, 3.8) is 0 Å². The van der Waals surface area contributed by atoms with Gasteiger partial charge >= 0.3 is 5.69 Å². The van der Waals surface area contributed by atoms with Gasteiger partial charge in [0.05, 0.1) is 4.92 Å². The van der Waals surface area contributed by atoms with E-state index < -0.39 is 4.92 Å². The smallest absolute Gasteiger partial charge is 0.312 e. The quantitative estimate of drug-likeness (QED) is 0.524. The topological polar surface area (TPSA) is 68.1 Å². The highest BCUT2D eigenvalue weighted by atomic mass is 79.9. The molecule has 0 aromatic carbocycles. The van der Waals surface area contributed by atoms with Gasteiger partial charge in [0.2, 0.25) is 5.82 Å². The molecule has 1 aromatic heterocycles. The Bertz CT molecular complexity index is 428. The number of allylic oxidation sites excluding steroid dienone is 1. The van der Waals surface area contributed by atoms with Crippen LogP contribution in [0.1, 0.15) is 13.8 Å². The van der Waals surface area contributed by atoms with Gasteiger partial charge in [-0.1, -0.05) is 11.6 Å². The van der Waals surface area contributed by atoms with Crippen LogP contribution < -0.4 is 5.32 Å². The number of nitrogens with zero attached hydrogens (tertiary/aromatic N) is 2. The molecule has 0 amide bonds. The second-order valence-corrected chi connectivity index (χ2v) is 4.36. The Labute approximate surface area is 102 Å². The molecule has 6 heteroatoms. The molecule has 0 radical (unpaired) electrons. The summed E-state index contributed by atoms with van der Waals surface area (Å²) in [4.78, 5) is 14.3. The Morgan fingerprint density at radius 2 is 2.38 bits per heavy atom. The average Bonchev–Trinajstić information content (AvgIpc) is 2.19. The molecule has 1 rings (SSSR count). The van der Waals surface area contributed by atoms with Crippen LogP contribution in [0.4, 0.5) is 11.5 Å². The van der Waals surface area contributed by atoms with Crippen LogP contribution >= 0.6 is 15.9 Å². The third kappa shape index (κ3) is 3.62. The predicted molar refractivity (Wildman–Crippen MR) is 66.5 cm³/mol. The second kappa shape index (κ2) is 5.60. The molecule has 0 saturated carbocycles. The highest BCUT2D eigenvalue weighted by molar-refractivity contribution is 9.10. The summed E-state index contributed by atoms with van der Waals surface area (Å²) in [6.07, 6.45) is 3.46. The van der Waals surface area contributed by atoms with E-state index in [0.29, 0.717) is 11.0 Å². The lowest BCUT2D eigenvalue weighted by Gasteiger charge is -2.03. The van der Waals surface area contributed by atoms with E-state index in [4.69, 9.17) is 0 Å². The molecule has 0 atom stereocenters. The van der Waals surface area contributed by atoms with Crippen LogP contribution in [0.25, 0.3) is 0 Å². The zero-order chi connectivity index (χ0) is 12.1. The first-order chi connectivity index (χ1) is 7.50. The molecule has 0 unspecified atom stereocenters. The number of halogens is 1. The standard InChI is InChI=1S/C10H12BrN3O2/c1-7(2)3-4-12-10-9(14(15)16)5-8(11)6-13-10/h3,5-6H,4H2,1-2H3,(H,12,13). The average molecular weight is 286 g/mol. The minimum absolute atomic E-state index is 0.0310. The molecule has 0 bridgehead atoms. The van der Waals surface area contributed by atoms with Crippen LogP contribution in [0, 0.1) is 10.1 Å². The first kappa shape index (κ1) is 12.6. The van der Waals surface area contributed by atoms with Crippen LogP contribution in [0.2, 0.25) is 0 Å². The summed E-state index contributed by atoms with van der Waals surface area (Å²) in [5, 5.41) is 13.7. The summed E-state index contributed by atoms with van der Waals surface area (Å²) < 4.78 is 0.590. The van der Waals surface area contributed by atoms with Gasteiger partial charge in [-0.05, 0) is 29.8 Å². The lowest BCUT2D eigenvalue weighted by molar-refractivity contribution is -0.384. The molecule has 1 heterocycles. The molecule has 0 aliphatic heterocycles. The molecule has 1 N–H and O–H groups in total. The fourth-order valence-electron chi connectivity index (χ4n) is 1.06. The minimum atomic E-state index is -0.456. The predicted octanol–water partition coefficient (Wildman–Crippen LogP) is 3.13. The lowest BCUT2D eigenvalue weighted by Crippen LogP contribution is -2.04. The second-order valence-electron chi connectivity index (χ2n) is 3.44. The number of aromatic nitrogens is 1. The first-order valence-electron chi connectivity index (χ1n) is 4.68. The minimum Gasteiger partial charge on any atom is -0.361 e. The number of rotatable bonds is 4. The van der Waals surface area contributed by atoms with Gasteiger partial charge in [-0.2, -0.15) is 0 Å². The van der Waals surface area contributed by atoms with Crippen LogP contribution in [-0.2, 0) is 0 Å². The maximum atomic E-state index is 10.8. The van der Waals surface area contributed by atoms with Gasteiger partial charge in [0.15, 0.2) is 0 Å². The van der Waals surface area contributed by atoms with Gasteiger partial charge in [0.25, 0.3) is 0 Å². The molecule has 1 aromatic rings. The SMILES string of the molecule is CC(C)=CCNc1ncc(Br)cc1[N+](=O)[O-]. The van der Waals surface area contributed by atoms with Crippen molar-refractivity contribution < 1.29 is 4.92 Å². The molecule has 0 fully saturated rings. The van der Waals surface area contributed by atoms with Gasteiger partial charge < -0.3 is 5.32 Å². The zero-order valence-corrected chi connectivity index (χ0v) is 10.6. The van der Waals surface area contributed by atoms with Crippen molar-refractivity contribution in [3.05, 3.63) is 38.5 Å². The number of nitrogens with one attached hydrogen (secondary N) is 1. The van der Waals surface area contributed by atoms with E-state index in [2.05, 4.69) is 26.2 Å². The van der Waals surface area contributed by atoms with E-state index in [1.165, 1.54) is 12.3 Å². The molecule has 86 valence electrons. The van der Waals surface area contributed by atoms with Crippen molar-refractivity contribution in [3.8, 4) is 0 Å². The van der Waals surface area contributed by atoms with Crippen LogP contribution in [0.15, 0.2) is 28.4 Å².